The van der Waals surface area contributed by atoms with Crippen molar-refractivity contribution in [3.63, 3.8) is 0 Å². The van der Waals surface area contributed by atoms with Gasteiger partial charge in [0.25, 0.3) is 0 Å². The van der Waals surface area contributed by atoms with Gasteiger partial charge in [0.2, 0.25) is 0 Å². The number of nitrogens with zero attached hydrogens (tertiary/aromatic N) is 5. The lowest BCUT2D eigenvalue weighted by Crippen LogP contribution is -2.02. The third-order valence-corrected chi connectivity index (χ3v) is 13.3. The molecule has 0 aliphatic heterocycles. The smallest absolute Gasteiger partial charge is 0.167 e. The molecule has 4 heterocycles. The number of benzene rings is 10. The highest BCUT2D eigenvalue weighted by molar-refractivity contribution is 6.17. The van der Waals surface area contributed by atoms with Crippen LogP contribution in [0.3, 0.4) is 0 Å². The van der Waals surface area contributed by atoms with Crippen molar-refractivity contribution >= 4 is 76.3 Å². The summed E-state index contributed by atoms with van der Waals surface area (Å²) < 4.78 is 11.6. The minimum atomic E-state index is 0.519. The van der Waals surface area contributed by atoms with E-state index in [0.717, 1.165) is 94.0 Å². The van der Waals surface area contributed by atoms with E-state index in [2.05, 4.69) is 215 Å². The summed E-state index contributed by atoms with van der Waals surface area (Å²) in [7, 11) is 0. The van der Waals surface area contributed by atoms with Crippen LogP contribution < -0.4 is 0 Å². The summed E-state index contributed by atoms with van der Waals surface area (Å²) in [6, 6.07) is 79.1. The first-order valence-corrected chi connectivity index (χ1v) is 22.6. The lowest BCUT2D eigenvalue weighted by molar-refractivity contribution is 0.669. The lowest BCUT2D eigenvalue weighted by atomic mass is 10.0. The van der Waals surface area contributed by atoms with Crippen LogP contribution in [0, 0.1) is 0 Å². The van der Waals surface area contributed by atoms with Gasteiger partial charge in [-0.15, -0.1) is 0 Å². The molecule has 312 valence electrons. The SMILES string of the molecule is c1ccc(-c2cccc(-c3nc(-c4cc(-n5c6ccccc6c6cc7ccccc7cc65)cc5c4oc4ccccc45)nc(-c4cccc5c4c4ccccc4n5-c4ccccc4)n3)c2)cc1. The lowest BCUT2D eigenvalue weighted by Gasteiger charge is -2.13. The van der Waals surface area contributed by atoms with Crippen LogP contribution in [0.4, 0.5) is 0 Å². The number of para-hydroxylation sites is 4. The molecule has 0 aliphatic carbocycles. The summed E-state index contributed by atoms with van der Waals surface area (Å²) in [5.41, 5.74) is 12.8. The molecule has 0 saturated heterocycles. The van der Waals surface area contributed by atoms with E-state index in [1.807, 2.05) is 18.2 Å². The number of aromatic nitrogens is 5. The molecule has 0 spiro atoms. The number of hydrogen-bond acceptors (Lipinski definition) is 4. The van der Waals surface area contributed by atoms with Gasteiger partial charge in [0, 0.05) is 54.8 Å². The van der Waals surface area contributed by atoms with Crippen molar-refractivity contribution in [2.24, 2.45) is 0 Å². The van der Waals surface area contributed by atoms with Gasteiger partial charge in [-0.05, 0) is 88.6 Å². The molecule has 67 heavy (non-hydrogen) atoms. The minimum Gasteiger partial charge on any atom is -0.455 e. The van der Waals surface area contributed by atoms with Gasteiger partial charge in [-0.25, -0.2) is 15.0 Å². The average Bonchev–Trinajstić information content (AvgIpc) is 4.06. The van der Waals surface area contributed by atoms with Crippen molar-refractivity contribution in [3.8, 4) is 56.7 Å². The van der Waals surface area contributed by atoms with Gasteiger partial charge < -0.3 is 13.6 Å². The minimum absolute atomic E-state index is 0.519. The topological polar surface area (TPSA) is 61.7 Å². The molecule has 6 nitrogen and oxygen atoms in total. The molecule has 0 aliphatic rings. The molecular weight excluding hydrogens is 819 g/mol. The van der Waals surface area contributed by atoms with Crippen molar-refractivity contribution in [1.82, 2.24) is 24.1 Å². The number of rotatable bonds is 6. The fourth-order valence-electron chi connectivity index (χ4n) is 10.3. The van der Waals surface area contributed by atoms with E-state index in [1.165, 1.54) is 21.5 Å². The molecule has 10 aromatic carbocycles. The zero-order chi connectivity index (χ0) is 44.0. The second-order valence-electron chi connectivity index (χ2n) is 17.2. The average molecular weight is 856 g/mol. The molecule has 0 bridgehead atoms. The van der Waals surface area contributed by atoms with Gasteiger partial charge in [0.15, 0.2) is 17.5 Å². The Labute approximate surface area is 384 Å². The van der Waals surface area contributed by atoms with Crippen LogP contribution in [0.5, 0.6) is 0 Å². The fraction of sp³-hybridized carbons (Fsp3) is 0. The molecule has 0 unspecified atom stereocenters. The van der Waals surface area contributed by atoms with E-state index in [4.69, 9.17) is 19.4 Å². The molecule has 0 radical (unpaired) electrons. The summed E-state index contributed by atoms with van der Waals surface area (Å²) in [5.74, 6) is 1.66. The van der Waals surface area contributed by atoms with Crippen LogP contribution >= 0.6 is 0 Å². The molecular formula is C61H37N5O. The molecule has 6 heteroatoms. The van der Waals surface area contributed by atoms with Crippen LogP contribution in [-0.2, 0) is 0 Å². The Kier molecular flexibility index (Phi) is 8.18. The fourth-order valence-corrected chi connectivity index (χ4v) is 10.3. The summed E-state index contributed by atoms with van der Waals surface area (Å²) in [5, 5.41) is 8.97. The Hall–Kier alpha value is -9.13. The summed E-state index contributed by atoms with van der Waals surface area (Å²) in [6.07, 6.45) is 0. The van der Waals surface area contributed by atoms with Crippen LogP contribution in [0.1, 0.15) is 0 Å². The molecule has 0 amide bonds. The van der Waals surface area contributed by atoms with E-state index in [1.54, 1.807) is 0 Å². The van der Waals surface area contributed by atoms with Crippen molar-refractivity contribution in [2.45, 2.75) is 0 Å². The molecule has 4 aromatic heterocycles. The van der Waals surface area contributed by atoms with E-state index < -0.39 is 0 Å². The standard InChI is InChI=1S/C61H37N5O/c1-3-17-38(18-4-1)39-21-15-22-42(33-39)59-62-60(48-28-16-31-54-57(48)47-27-10-13-30-53(47)65(54)43-23-5-2-6-24-43)64-61(63-59)51-37-44(36-50-46-26-11-14-32-56(46)67-58(50)51)66-52-29-12-9-25-45(52)49-34-40-19-7-8-20-41(40)35-55(49)66/h1-37H. The van der Waals surface area contributed by atoms with Crippen LogP contribution in [-0.4, -0.2) is 24.1 Å². The molecule has 0 fully saturated rings. The zero-order valence-electron chi connectivity index (χ0n) is 36.0. The second-order valence-corrected chi connectivity index (χ2v) is 17.2. The quantitative estimate of drug-likeness (QED) is 0.167. The monoisotopic (exact) mass is 855 g/mol. The highest BCUT2D eigenvalue weighted by Crippen LogP contribution is 2.43. The van der Waals surface area contributed by atoms with Gasteiger partial charge in [0.1, 0.15) is 11.2 Å². The first kappa shape index (κ1) is 37.3. The van der Waals surface area contributed by atoms with E-state index in [9.17, 15) is 0 Å². The Bertz CT molecular complexity index is 4280. The van der Waals surface area contributed by atoms with Gasteiger partial charge in [-0.3, -0.25) is 0 Å². The van der Waals surface area contributed by atoms with Crippen LogP contribution in [0.2, 0.25) is 0 Å². The van der Waals surface area contributed by atoms with Gasteiger partial charge in [-0.1, -0.05) is 158 Å². The van der Waals surface area contributed by atoms with Crippen LogP contribution in [0.15, 0.2) is 229 Å². The summed E-state index contributed by atoms with van der Waals surface area (Å²) in [4.78, 5) is 16.4. The van der Waals surface area contributed by atoms with Crippen molar-refractivity contribution < 1.29 is 4.42 Å². The molecule has 0 atom stereocenters. The normalized spacial score (nSPS) is 11.9. The Morgan fingerprint density at radius 3 is 1.72 bits per heavy atom. The summed E-state index contributed by atoms with van der Waals surface area (Å²) >= 11 is 0. The van der Waals surface area contributed by atoms with Crippen molar-refractivity contribution in [1.29, 1.82) is 0 Å². The maximum Gasteiger partial charge on any atom is 0.167 e. The Balaban J connectivity index is 1.08. The highest BCUT2D eigenvalue weighted by atomic mass is 16.3. The first-order valence-electron chi connectivity index (χ1n) is 22.6. The molecule has 14 rings (SSSR count). The maximum atomic E-state index is 6.88. The van der Waals surface area contributed by atoms with E-state index >= 15 is 0 Å². The van der Waals surface area contributed by atoms with Gasteiger partial charge in [0.05, 0.1) is 27.6 Å². The highest BCUT2D eigenvalue weighted by Gasteiger charge is 2.24. The zero-order valence-corrected chi connectivity index (χ0v) is 36.0. The predicted octanol–water partition coefficient (Wildman–Crippen LogP) is 15.8. The predicted molar refractivity (Wildman–Crippen MR) is 275 cm³/mol. The number of fused-ring (bicyclic) bond motifs is 10. The largest absolute Gasteiger partial charge is 0.455 e. The van der Waals surface area contributed by atoms with E-state index in [-0.39, 0.29) is 0 Å². The molecule has 0 saturated carbocycles. The van der Waals surface area contributed by atoms with E-state index in [0.29, 0.717) is 17.5 Å². The molecule has 0 N–H and O–H groups in total. The van der Waals surface area contributed by atoms with Crippen molar-refractivity contribution in [2.75, 3.05) is 0 Å². The third-order valence-electron chi connectivity index (χ3n) is 13.3. The maximum absolute atomic E-state index is 6.88. The van der Waals surface area contributed by atoms with Crippen LogP contribution in [0.25, 0.3) is 133 Å². The molecule has 14 aromatic rings. The third kappa shape index (κ3) is 5.86. The van der Waals surface area contributed by atoms with Gasteiger partial charge >= 0.3 is 0 Å². The second kappa shape index (κ2) is 14.7. The van der Waals surface area contributed by atoms with Crippen molar-refractivity contribution in [3.05, 3.63) is 224 Å². The Morgan fingerprint density at radius 1 is 0.313 bits per heavy atom. The summed E-state index contributed by atoms with van der Waals surface area (Å²) in [6.45, 7) is 0. The number of furan rings is 1. The Morgan fingerprint density at radius 2 is 0.896 bits per heavy atom. The first-order chi connectivity index (χ1) is 33.2. The van der Waals surface area contributed by atoms with Gasteiger partial charge in [-0.2, -0.15) is 0 Å². The number of hydrogen-bond donors (Lipinski definition) is 0.